The molecular formula is C16H18N2O4S. The van der Waals surface area contributed by atoms with Crippen LogP contribution in [0.2, 0.25) is 0 Å². The van der Waals surface area contributed by atoms with E-state index in [0.717, 1.165) is 17.7 Å². The monoisotopic (exact) mass is 334 g/mol. The van der Waals surface area contributed by atoms with Gasteiger partial charge in [-0.3, -0.25) is 4.68 Å². The van der Waals surface area contributed by atoms with E-state index in [9.17, 15) is 14.7 Å². The van der Waals surface area contributed by atoms with E-state index in [1.807, 2.05) is 13.0 Å². The second kappa shape index (κ2) is 7.82. The van der Waals surface area contributed by atoms with Crippen molar-refractivity contribution in [2.24, 2.45) is 0 Å². The lowest BCUT2D eigenvalue weighted by atomic mass is 10.1. The van der Waals surface area contributed by atoms with E-state index in [4.69, 9.17) is 4.74 Å². The number of aromatic nitrogens is 2. The van der Waals surface area contributed by atoms with Gasteiger partial charge in [-0.15, -0.1) is 11.8 Å². The van der Waals surface area contributed by atoms with Gasteiger partial charge in [-0.1, -0.05) is 19.1 Å². The molecule has 0 aliphatic carbocycles. The molecule has 0 saturated carbocycles. The van der Waals surface area contributed by atoms with Crippen molar-refractivity contribution in [1.29, 1.82) is 0 Å². The Morgan fingerprint density at radius 2 is 2.17 bits per heavy atom. The van der Waals surface area contributed by atoms with Crippen molar-refractivity contribution in [2.75, 3.05) is 12.9 Å². The number of ether oxygens (including phenoxy) is 1. The maximum atomic E-state index is 11.6. The van der Waals surface area contributed by atoms with Crippen molar-refractivity contribution in [3.8, 4) is 0 Å². The van der Waals surface area contributed by atoms with Crippen molar-refractivity contribution in [3.05, 3.63) is 47.2 Å². The molecule has 2 rings (SSSR count). The number of carboxylic acid groups (broad SMARTS) is 1. The zero-order chi connectivity index (χ0) is 16.8. The van der Waals surface area contributed by atoms with Crippen LogP contribution in [-0.2, 0) is 11.3 Å². The summed E-state index contributed by atoms with van der Waals surface area (Å²) in [6, 6.07) is 7.03. The third kappa shape index (κ3) is 4.13. The molecule has 0 bridgehead atoms. The summed E-state index contributed by atoms with van der Waals surface area (Å²) in [5, 5.41) is 14.1. The Bertz CT molecular complexity index is 712. The van der Waals surface area contributed by atoms with Crippen LogP contribution in [0.3, 0.4) is 0 Å². The molecule has 1 aromatic heterocycles. The van der Waals surface area contributed by atoms with Gasteiger partial charge >= 0.3 is 11.9 Å². The lowest BCUT2D eigenvalue weighted by Gasteiger charge is -2.09. The van der Waals surface area contributed by atoms with Crippen molar-refractivity contribution < 1.29 is 19.4 Å². The number of nitrogens with zero attached hydrogens (tertiary/aromatic N) is 2. The van der Waals surface area contributed by atoms with E-state index >= 15 is 0 Å². The molecule has 0 aliphatic rings. The van der Waals surface area contributed by atoms with Crippen LogP contribution in [0.25, 0.3) is 0 Å². The molecule has 7 heteroatoms. The highest BCUT2D eigenvalue weighted by atomic mass is 32.2. The first-order valence-electron chi connectivity index (χ1n) is 7.16. The van der Waals surface area contributed by atoms with E-state index in [-0.39, 0.29) is 5.56 Å². The lowest BCUT2D eigenvalue weighted by Crippen LogP contribution is -2.07. The summed E-state index contributed by atoms with van der Waals surface area (Å²) in [6.45, 7) is 2.43. The van der Waals surface area contributed by atoms with Crippen LogP contribution in [0.15, 0.2) is 35.5 Å². The van der Waals surface area contributed by atoms with Crippen molar-refractivity contribution in [1.82, 2.24) is 9.78 Å². The summed E-state index contributed by atoms with van der Waals surface area (Å²) in [4.78, 5) is 22.9. The van der Waals surface area contributed by atoms with Gasteiger partial charge in [0.05, 0.1) is 25.4 Å². The minimum Gasteiger partial charge on any atom is -0.478 e. The fourth-order valence-corrected chi connectivity index (χ4v) is 3.03. The number of esters is 1. The van der Waals surface area contributed by atoms with Crippen LogP contribution in [0.5, 0.6) is 0 Å². The molecule has 1 N–H and O–H groups in total. The number of methoxy groups -OCH3 is 1. The smallest absolute Gasteiger partial charge is 0.340 e. The molecule has 0 spiro atoms. The highest BCUT2D eigenvalue weighted by Crippen LogP contribution is 2.24. The molecule has 0 aliphatic heterocycles. The molecule has 2 aromatic rings. The lowest BCUT2D eigenvalue weighted by molar-refractivity contribution is 0.0599. The number of hydrogen-bond acceptors (Lipinski definition) is 5. The zero-order valence-electron chi connectivity index (χ0n) is 13.0. The number of rotatable bonds is 7. The predicted octanol–water partition coefficient (Wildman–Crippen LogP) is 2.92. The number of carbonyl (C=O) groups is 2. The Hall–Kier alpha value is -2.28. The molecule has 1 heterocycles. The summed E-state index contributed by atoms with van der Waals surface area (Å²) < 4.78 is 6.36. The molecule has 0 saturated heterocycles. The molecule has 0 atom stereocenters. The van der Waals surface area contributed by atoms with E-state index in [2.05, 4.69) is 5.10 Å². The van der Waals surface area contributed by atoms with Gasteiger partial charge in [0.25, 0.3) is 0 Å². The number of thioether (sulfide) groups is 1. The van der Waals surface area contributed by atoms with Gasteiger partial charge in [0, 0.05) is 0 Å². The maximum absolute atomic E-state index is 11.6. The molecule has 0 unspecified atom stereocenters. The van der Waals surface area contributed by atoms with Crippen LogP contribution < -0.4 is 0 Å². The SMILES string of the molecule is CCCSc1c(C(=O)O)cnn1Cc1cccc(C(=O)OC)c1. The summed E-state index contributed by atoms with van der Waals surface area (Å²) >= 11 is 1.47. The quantitative estimate of drug-likeness (QED) is 0.619. The second-order valence-corrected chi connectivity index (χ2v) is 5.95. The Kier molecular flexibility index (Phi) is 5.81. The third-order valence-electron chi connectivity index (χ3n) is 3.14. The molecule has 122 valence electrons. The number of benzene rings is 1. The first kappa shape index (κ1) is 17.1. The van der Waals surface area contributed by atoms with Crippen LogP contribution in [0.4, 0.5) is 0 Å². The summed E-state index contributed by atoms with van der Waals surface area (Å²) in [5.74, 6) is -0.578. The van der Waals surface area contributed by atoms with Gasteiger partial charge in [-0.2, -0.15) is 5.10 Å². The van der Waals surface area contributed by atoms with Gasteiger partial charge in [-0.25, -0.2) is 9.59 Å². The van der Waals surface area contributed by atoms with Gasteiger partial charge in [0.2, 0.25) is 0 Å². The summed E-state index contributed by atoms with van der Waals surface area (Å²) in [6.07, 6.45) is 2.30. The predicted molar refractivity (Wildman–Crippen MR) is 87.1 cm³/mol. The Morgan fingerprint density at radius 3 is 2.83 bits per heavy atom. The largest absolute Gasteiger partial charge is 0.478 e. The Morgan fingerprint density at radius 1 is 1.39 bits per heavy atom. The second-order valence-electron chi connectivity index (χ2n) is 4.87. The molecular weight excluding hydrogens is 316 g/mol. The van der Waals surface area contributed by atoms with Crippen LogP contribution in [-0.4, -0.2) is 39.7 Å². The van der Waals surface area contributed by atoms with E-state index in [0.29, 0.717) is 17.1 Å². The number of aromatic carboxylic acids is 1. The number of carboxylic acids is 1. The standard InChI is InChI=1S/C16H18N2O4S/c1-3-7-23-14-13(15(19)20)9-17-18(14)10-11-5-4-6-12(8-11)16(21)22-2/h4-6,8-9H,3,7,10H2,1-2H3,(H,19,20). The van der Waals surface area contributed by atoms with Gasteiger partial charge in [-0.05, 0) is 29.9 Å². The van der Waals surface area contributed by atoms with E-state index in [1.165, 1.54) is 25.1 Å². The minimum atomic E-state index is -0.988. The molecule has 6 nitrogen and oxygen atoms in total. The number of carbonyl (C=O) groups excluding carboxylic acids is 1. The number of hydrogen-bond donors (Lipinski definition) is 1. The fraction of sp³-hybridized carbons (Fsp3) is 0.312. The summed E-state index contributed by atoms with van der Waals surface area (Å²) in [7, 11) is 1.33. The summed E-state index contributed by atoms with van der Waals surface area (Å²) in [5.41, 5.74) is 1.51. The molecule has 0 amide bonds. The van der Waals surface area contributed by atoms with Crippen LogP contribution in [0.1, 0.15) is 39.6 Å². The zero-order valence-corrected chi connectivity index (χ0v) is 13.8. The molecule has 23 heavy (non-hydrogen) atoms. The average molecular weight is 334 g/mol. The molecule has 0 fully saturated rings. The van der Waals surface area contributed by atoms with E-state index in [1.54, 1.807) is 22.9 Å². The Balaban J connectivity index is 2.29. The first-order valence-corrected chi connectivity index (χ1v) is 8.14. The van der Waals surface area contributed by atoms with Crippen molar-refractivity contribution in [2.45, 2.75) is 24.9 Å². The minimum absolute atomic E-state index is 0.201. The van der Waals surface area contributed by atoms with Crippen LogP contribution in [0, 0.1) is 0 Å². The van der Waals surface area contributed by atoms with Gasteiger partial charge < -0.3 is 9.84 Å². The van der Waals surface area contributed by atoms with Crippen molar-refractivity contribution >= 4 is 23.7 Å². The normalized spacial score (nSPS) is 10.5. The average Bonchev–Trinajstić information content (AvgIpc) is 2.95. The topological polar surface area (TPSA) is 81.4 Å². The fourth-order valence-electron chi connectivity index (χ4n) is 2.07. The van der Waals surface area contributed by atoms with E-state index < -0.39 is 11.9 Å². The van der Waals surface area contributed by atoms with Gasteiger partial charge in [0.1, 0.15) is 10.6 Å². The van der Waals surface area contributed by atoms with Gasteiger partial charge in [0.15, 0.2) is 0 Å². The first-order chi connectivity index (χ1) is 11.1. The molecule has 0 radical (unpaired) electrons. The molecule has 1 aromatic carbocycles. The van der Waals surface area contributed by atoms with Crippen LogP contribution >= 0.6 is 11.8 Å². The highest BCUT2D eigenvalue weighted by Gasteiger charge is 2.17. The maximum Gasteiger partial charge on any atom is 0.340 e. The van der Waals surface area contributed by atoms with Crippen molar-refractivity contribution in [3.63, 3.8) is 0 Å². The Labute approximate surface area is 138 Å². The third-order valence-corrected chi connectivity index (χ3v) is 4.46. The highest BCUT2D eigenvalue weighted by molar-refractivity contribution is 7.99.